The zero-order valence-corrected chi connectivity index (χ0v) is 15.0. The Labute approximate surface area is 151 Å². The minimum absolute atomic E-state index is 0.00987. The fourth-order valence-electron chi connectivity index (χ4n) is 3.38. The second-order valence-corrected chi connectivity index (χ2v) is 6.96. The largest absolute Gasteiger partial charge is 0.350 e. The van der Waals surface area contributed by atoms with E-state index >= 15 is 0 Å². The molecule has 2 aliphatic rings. The molecule has 4 amide bonds. The first-order valence-corrected chi connectivity index (χ1v) is 8.58. The molecule has 0 bridgehead atoms. The Kier molecular flexibility index (Phi) is 4.85. The molecule has 2 saturated heterocycles. The average molecular weight is 365 g/mol. The molecule has 134 valence electrons. The van der Waals surface area contributed by atoms with Crippen molar-refractivity contribution in [1.82, 2.24) is 20.0 Å². The Morgan fingerprint density at radius 2 is 1.92 bits per heavy atom. The second-order valence-electron chi connectivity index (χ2n) is 6.52. The van der Waals surface area contributed by atoms with Gasteiger partial charge in [0.15, 0.2) is 0 Å². The van der Waals surface area contributed by atoms with Gasteiger partial charge in [-0.2, -0.15) is 0 Å². The predicted molar refractivity (Wildman–Crippen MR) is 93.0 cm³/mol. The van der Waals surface area contributed by atoms with E-state index in [1.807, 2.05) is 12.1 Å². The Hall–Kier alpha value is -2.28. The standard InChI is InChI=1S/C17H21ClN4O3/c1-11-16(24)20(2)8-14-9-21(17(25)22(11)14)10-15(23)19-7-12-3-5-13(18)6-4-12/h3-6,11,14H,7-10H2,1-2H3,(H,19,23)/t11-,14+/m0/s1. The molecule has 1 aromatic rings. The van der Waals surface area contributed by atoms with Crippen LogP contribution in [0.25, 0.3) is 0 Å². The molecule has 0 spiro atoms. The number of amides is 4. The molecular formula is C17H21ClN4O3. The molecule has 0 unspecified atom stereocenters. The van der Waals surface area contributed by atoms with E-state index in [2.05, 4.69) is 5.32 Å². The van der Waals surface area contributed by atoms with Gasteiger partial charge in [-0.25, -0.2) is 4.79 Å². The lowest BCUT2D eigenvalue weighted by Gasteiger charge is -2.38. The number of nitrogens with zero attached hydrogens (tertiary/aromatic N) is 3. The normalized spacial score (nSPS) is 23.1. The second kappa shape index (κ2) is 6.92. The summed E-state index contributed by atoms with van der Waals surface area (Å²) in [7, 11) is 1.74. The van der Waals surface area contributed by atoms with Crippen molar-refractivity contribution in [3.63, 3.8) is 0 Å². The van der Waals surface area contributed by atoms with E-state index < -0.39 is 6.04 Å². The van der Waals surface area contributed by atoms with Crippen molar-refractivity contribution in [3.05, 3.63) is 34.9 Å². The summed E-state index contributed by atoms with van der Waals surface area (Å²) in [6.07, 6.45) is 0. The number of benzene rings is 1. The molecule has 7 nitrogen and oxygen atoms in total. The molecule has 1 aromatic carbocycles. The number of nitrogens with one attached hydrogen (secondary N) is 1. The fourth-order valence-corrected chi connectivity index (χ4v) is 3.50. The molecule has 1 N–H and O–H groups in total. The Balaban J connectivity index is 1.56. The van der Waals surface area contributed by atoms with Crippen molar-refractivity contribution < 1.29 is 14.4 Å². The van der Waals surface area contributed by atoms with E-state index in [4.69, 9.17) is 11.6 Å². The van der Waals surface area contributed by atoms with Crippen LogP contribution in [0.2, 0.25) is 5.02 Å². The summed E-state index contributed by atoms with van der Waals surface area (Å²) in [5.74, 6) is -0.297. The summed E-state index contributed by atoms with van der Waals surface area (Å²) >= 11 is 5.83. The molecule has 3 rings (SSSR count). The van der Waals surface area contributed by atoms with E-state index in [1.54, 1.807) is 35.9 Å². The Bertz CT molecular complexity index is 694. The molecule has 2 aliphatic heterocycles. The minimum atomic E-state index is -0.488. The van der Waals surface area contributed by atoms with Crippen LogP contribution in [0.1, 0.15) is 12.5 Å². The van der Waals surface area contributed by atoms with E-state index in [-0.39, 0.29) is 30.4 Å². The number of urea groups is 1. The first-order chi connectivity index (χ1) is 11.9. The third-order valence-electron chi connectivity index (χ3n) is 4.69. The van der Waals surface area contributed by atoms with Crippen LogP contribution >= 0.6 is 11.6 Å². The molecule has 2 fully saturated rings. The smallest absolute Gasteiger partial charge is 0.321 e. The van der Waals surface area contributed by atoms with Crippen molar-refractivity contribution in [2.75, 3.05) is 26.7 Å². The quantitative estimate of drug-likeness (QED) is 0.863. The third-order valence-corrected chi connectivity index (χ3v) is 4.94. The molecule has 0 saturated carbocycles. The molecule has 25 heavy (non-hydrogen) atoms. The molecule has 2 atom stereocenters. The highest BCUT2D eigenvalue weighted by molar-refractivity contribution is 6.30. The van der Waals surface area contributed by atoms with Gasteiger partial charge < -0.3 is 20.0 Å². The van der Waals surface area contributed by atoms with E-state index in [1.165, 1.54) is 4.90 Å². The third kappa shape index (κ3) is 3.56. The molecule has 8 heteroatoms. The topological polar surface area (TPSA) is 73.0 Å². The maximum absolute atomic E-state index is 12.5. The van der Waals surface area contributed by atoms with Crippen LogP contribution < -0.4 is 5.32 Å². The van der Waals surface area contributed by atoms with Crippen LogP contribution in [0.15, 0.2) is 24.3 Å². The number of hydrogen-bond acceptors (Lipinski definition) is 3. The van der Waals surface area contributed by atoms with Gasteiger partial charge in [-0.05, 0) is 24.6 Å². The maximum Gasteiger partial charge on any atom is 0.321 e. The minimum Gasteiger partial charge on any atom is -0.350 e. The number of piperazine rings is 1. The van der Waals surface area contributed by atoms with Gasteiger partial charge in [-0.1, -0.05) is 23.7 Å². The zero-order chi connectivity index (χ0) is 18.1. The van der Waals surface area contributed by atoms with Crippen LogP contribution in [0.4, 0.5) is 4.79 Å². The summed E-state index contributed by atoms with van der Waals surface area (Å²) in [5.41, 5.74) is 0.934. The van der Waals surface area contributed by atoms with Crippen molar-refractivity contribution in [2.24, 2.45) is 0 Å². The van der Waals surface area contributed by atoms with Gasteiger partial charge in [0.1, 0.15) is 12.6 Å². The highest BCUT2D eigenvalue weighted by Crippen LogP contribution is 2.24. The van der Waals surface area contributed by atoms with Gasteiger partial charge in [0.2, 0.25) is 11.8 Å². The summed E-state index contributed by atoms with van der Waals surface area (Å²) in [6.45, 7) is 3.05. The lowest BCUT2D eigenvalue weighted by Crippen LogP contribution is -2.58. The number of likely N-dealkylation sites (N-methyl/N-ethyl adjacent to an activating group) is 1. The number of fused-ring (bicyclic) bond motifs is 1. The number of carbonyl (C=O) groups excluding carboxylic acids is 3. The van der Waals surface area contributed by atoms with E-state index in [0.717, 1.165) is 5.56 Å². The van der Waals surface area contributed by atoms with Gasteiger partial charge in [0.25, 0.3) is 0 Å². The summed E-state index contributed by atoms with van der Waals surface area (Å²) in [5, 5.41) is 3.45. The van der Waals surface area contributed by atoms with Crippen molar-refractivity contribution in [2.45, 2.75) is 25.6 Å². The molecule has 0 aromatic heterocycles. The van der Waals surface area contributed by atoms with Crippen molar-refractivity contribution in [3.8, 4) is 0 Å². The number of rotatable bonds is 4. The van der Waals surface area contributed by atoms with Crippen molar-refractivity contribution in [1.29, 1.82) is 0 Å². The molecule has 0 radical (unpaired) electrons. The van der Waals surface area contributed by atoms with E-state index in [0.29, 0.717) is 24.7 Å². The van der Waals surface area contributed by atoms with Crippen LogP contribution in [-0.2, 0) is 16.1 Å². The highest BCUT2D eigenvalue weighted by Gasteiger charge is 2.47. The summed E-state index contributed by atoms with van der Waals surface area (Å²) in [6, 6.07) is 6.41. The zero-order valence-electron chi connectivity index (χ0n) is 14.2. The lowest BCUT2D eigenvalue weighted by molar-refractivity contribution is -0.139. The number of hydrogen-bond donors (Lipinski definition) is 1. The van der Waals surface area contributed by atoms with Crippen LogP contribution in [0, 0.1) is 0 Å². The monoisotopic (exact) mass is 364 g/mol. The fraction of sp³-hybridized carbons (Fsp3) is 0.471. The molecule has 2 heterocycles. The summed E-state index contributed by atoms with van der Waals surface area (Å²) in [4.78, 5) is 41.5. The van der Waals surface area contributed by atoms with Gasteiger partial charge in [0, 0.05) is 31.7 Å². The van der Waals surface area contributed by atoms with Crippen LogP contribution in [0.3, 0.4) is 0 Å². The van der Waals surface area contributed by atoms with Crippen molar-refractivity contribution >= 4 is 29.4 Å². The van der Waals surface area contributed by atoms with Gasteiger partial charge in [-0.3, -0.25) is 9.59 Å². The first kappa shape index (κ1) is 17.5. The average Bonchev–Trinajstić information content (AvgIpc) is 2.88. The SMILES string of the molecule is C[C@H]1C(=O)N(C)C[C@@H]2CN(CC(=O)NCc3ccc(Cl)cc3)C(=O)N21. The lowest BCUT2D eigenvalue weighted by atomic mass is 10.1. The van der Waals surface area contributed by atoms with E-state index in [9.17, 15) is 14.4 Å². The Morgan fingerprint density at radius 3 is 2.60 bits per heavy atom. The van der Waals surface area contributed by atoms with Gasteiger partial charge in [0.05, 0.1) is 6.04 Å². The first-order valence-electron chi connectivity index (χ1n) is 8.20. The molecular weight excluding hydrogens is 344 g/mol. The number of halogens is 1. The van der Waals surface area contributed by atoms with Gasteiger partial charge >= 0.3 is 6.03 Å². The van der Waals surface area contributed by atoms with Crippen LogP contribution in [-0.4, -0.2) is 71.3 Å². The Morgan fingerprint density at radius 1 is 1.24 bits per heavy atom. The maximum atomic E-state index is 12.5. The number of carbonyl (C=O) groups is 3. The molecule has 0 aliphatic carbocycles. The summed E-state index contributed by atoms with van der Waals surface area (Å²) < 4.78 is 0. The highest BCUT2D eigenvalue weighted by atomic mass is 35.5. The van der Waals surface area contributed by atoms with Crippen LogP contribution in [0.5, 0.6) is 0 Å². The predicted octanol–water partition coefficient (Wildman–Crippen LogP) is 0.923. The van der Waals surface area contributed by atoms with Gasteiger partial charge in [-0.15, -0.1) is 0 Å².